The van der Waals surface area contributed by atoms with Gasteiger partial charge in [0.2, 0.25) is 0 Å². The van der Waals surface area contributed by atoms with Gasteiger partial charge in [-0.05, 0) is 57.3 Å². The molecule has 5 aliphatic rings. The Balaban J connectivity index is 1.63. The van der Waals surface area contributed by atoms with Crippen molar-refractivity contribution in [3.63, 3.8) is 0 Å². The number of aliphatic hydroxyl groups is 1. The lowest BCUT2D eigenvalue weighted by Gasteiger charge is -2.56. The zero-order chi connectivity index (χ0) is 28.5. The van der Waals surface area contributed by atoms with Crippen molar-refractivity contribution in [2.45, 2.75) is 97.6 Å². The van der Waals surface area contributed by atoms with Crippen LogP contribution in [0.2, 0.25) is 0 Å². The molecule has 0 aromatic carbocycles. The molecule has 0 amide bonds. The highest BCUT2D eigenvalue weighted by Crippen LogP contribution is 2.69. The van der Waals surface area contributed by atoms with E-state index in [2.05, 4.69) is 32.1 Å². The van der Waals surface area contributed by atoms with Gasteiger partial charge in [-0.3, -0.25) is 4.79 Å². The summed E-state index contributed by atoms with van der Waals surface area (Å²) in [4.78, 5) is 37.1. The van der Waals surface area contributed by atoms with Gasteiger partial charge in [0, 0.05) is 54.1 Å². The van der Waals surface area contributed by atoms with E-state index in [1.807, 2.05) is 26.0 Å². The summed E-state index contributed by atoms with van der Waals surface area (Å²) < 4.78 is 17.6. The van der Waals surface area contributed by atoms with Crippen LogP contribution in [0.5, 0.6) is 0 Å². The first kappa shape index (κ1) is 27.6. The van der Waals surface area contributed by atoms with Crippen LogP contribution in [0.4, 0.5) is 0 Å². The van der Waals surface area contributed by atoms with Gasteiger partial charge in [0.05, 0.1) is 0 Å². The van der Waals surface area contributed by atoms with Gasteiger partial charge in [0.25, 0.3) is 0 Å². The van der Waals surface area contributed by atoms with Gasteiger partial charge >= 0.3 is 17.9 Å². The average molecular weight is 537 g/mol. The Labute approximate surface area is 230 Å². The number of hydrogen-bond acceptors (Lipinski definition) is 7. The van der Waals surface area contributed by atoms with E-state index in [1.165, 1.54) is 13.0 Å². The summed E-state index contributed by atoms with van der Waals surface area (Å²) in [5.74, 6) is -1.60. The van der Waals surface area contributed by atoms with Crippen molar-refractivity contribution in [2.75, 3.05) is 0 Å². The van der Waals surface area contributed by atoms with Crippen LogP contribution >= 0.6 is 0 Å². The molecule has 5 rings (SSSR count). The zero-order valence-electron chi connectivity index (χ0n) is 24.0. The lowest BCUT2D eigenvalue weighted by Crippen LogP contribution is -2.60. The van der Waals surface area contributed by atoms with Crippen LogP contribution in [0.3, 0.4) is 0 Å². The summed E-state index contributed by atoms with van der Waals surface area (Å²) in [6.07, 6.45) is 12.7. The Morgan fingerprint density at radius 1 is 1.15 bits per heavy atom. The van der Waals surface area contributed by atoms with E-state index in [-0.39, 0.29) is 23.8 Å². The summed E-state index contributed by atoms with van der Waals surface area (Å²) in [6.45, 7) is 13.1. The van der Waals surface area contributed by atoms with Gasteiger partial charge in [-0.15, -0.1) is 0 Å². The van der Waals surface area contributed by atoms with Crippen molar-refractivity contribution in [3.8, 4) is 0 Å². The first-order valence-electron chi connectivity index (χ1n) is 13.9. The fourth-order valence-electron chi connectivity index (χ4n) is 8.08. The second-order valence-corrected chi connectivity index (χ2v) is 13.0. The molecule has 0 aromatic rings. The molecule has 0 saturated heterocycles. The minimum Gasteiger partial charge on any atom is -0.462 e. The Morgan fingerprint density at radius 2 is 1.87 bits per heavy atom. The van der Waals surface area contributed by atoms with E-state index in [9.17, 15) is 19.5 Å². The number of cyclic esters (lactones) is 2. The van der Waals surface area contributed by atoms with Crippen LogP contribution in [0.1, 0.15) is 74.1 Å². The summed E-state index contributed by atoms with van der Waals surface area (Å²) >= 11 is 0. The summed E-state index contributed by atoms with van der Waals surface area (Å²) in [5.41, 5.74) is 0.568. The molecule has 0 spiro atoms. The number of rotatable bonds is 3. The number of ether oxygens (including phenoxy) is 3. The van der Waals surface area contributed by atoms with E-state index in [1.54, 1.807) is 13.8 Å². The predicted molar refractivity (Wildman–Crippen MR) is 145 cm³/mol. The van der Waals surface area contributed by atoms with E-state index < -0.39 is 40.2 Å². The second-order valence-electron chi connectivity index (χ2n) is 13.0. The van der Waals surface area contributed by atoms with E-state index >= 15 is 0 Å². The monoisotopic (exact) mass is 536 g/mol. The topological polar surface area (TPSA) is 99.1 Å². The van der Waals surface area contributed by atoms with Gasteiger partial charge in [0.15, 0.2) is 0 Å². The molecule has 2 heterocycles. The molecule has 2 aliphatic heterocycles. The lowest BCUT2D eigenvalue weighted by molar-refractivity contribution is -0.196. The molecule has 7 unspecified atom stereocenters. The van der Waals surface area contributed by atoms with Gasteiger partial charge in [-0.2, -0.15) is 0 Å². The van der Waals surface area contributed by atoms with Gasteiger partial charge < -0.3 is 19.3 Å². The van der Waals surface area contributed by atoms with Crippen LogP contribution in [-0.4, -0.2) is 46.4 Å². The molecule has 1 fully saturated rings. The molecule has 210 valence electrons. The highest BCUT2D eigenvalue weighted by Gasteiger charge is 2.68. The van der Waals surface area contributed by atoms with Crippen molar-refractivity contribution in [2.24, 2.45) is 22.7 Å². The summed E-state index contributed by atoms with van der Waals surface area (Å²) in [5, 5.41) is 12.1. The van der Waals surface area contributed by atoms with Crippen molar-refractivity contribution >= 4 is 17.9 Å². The average Bonchev–Trinajstić information content (AvgIpc) is 2.94. The van der Waals surface area contributed by atoms with Crippen molar-refractivity contribution in [1.82, 2.24) is 0 Å². The Bertz CT molecular complexity index is 1270. The molecule has 7 heteroatoms. The van der Waals surface area contributed by atoms with E-state index in [4.69, 9.17) is 14.2 Å². The Morgan fingerprint density at radius 3 is 2.54 bits per heavy atom. The summed E-state index contributed by atoms with van der Waals surface area (Å²) in [7, 11) is 0. The molecule has 3 aliphatic carbocycles. The van der Waals surface area contributed by atoms with Gasteiger partial charge in [0.1, 0.15) is 23.4 Å². The quantitative estimate of drug-likeness (QED) is 0.398. The predicted octanol–water partition coefficient (Wildman–Crippen LogP) is 5.06. The Hall–Kier alpha value is -2.93. The molecule has 7 atom stereocenters. The van der Waals surface area contributed by atoms with Crippen LogP contribution < -0.4 is 0 Å². The van der Waals surface area contributed by atoms with Crippen LogP contribution in [0, 0.1) is 22.7 Å². The zero-order valence-corrected chi connectivity index (χ0v) is 24.0. The Kier molecular flexibility index (Phi) is 6.41. The third-order valence-corrected chi connectivity index (χ3v) is 10.4. The molecule has 7 nitrogen and oxygen atoms in total. The fraction of sp³-hybridized carbons (Fsp3) is 0.594. The van der Waals surface area contributed by atoms with Gasteiger partial charge in [-0.25, -0.2) is 9.59 Å². The van der Waals surface area contributed by atoms with Gasteiger partial charge in [-0.1, -0.05) is 44.2 Å². The highest BCUT2D eigenvalue weighted by atomic mass is 16.6. The van der Waals surface area contributed by atoms with E-state index in [0.29, 0.717) is 24.8 Å². The summed E-state index contributed by atoms with van der Waals surface area (Å²) in [6, 6.07) is 0. The SMILES string of the molecule is CC(=O)OC1CC2=C(C=CC3C(=C2)C=CC(=O)OC3(C)C)C2(C)CCC(C(C)(O)C3CC=C(C)C(=O)O3)C12C. The molecule has 1 N–H and O–H groups in total. The van der Waals surface area contributed by atoms with Crippen LogP contribution in [0.15, 0.2) is 58.7 Å². The minimum absolute atomic E-state index is 0.148. The maximum absolute atomic E-state index is 12.4. The van der Waals surface area contributed by atoms with Crippen molar-refractivity contribution in [3.05, 3.63) is 58.7 Å². The second kappa shape index (κ2) is 9.05. The smallest absolute Gasteiger partial charge is 0.333 e. The number of carbonyl (C=O) groups excluding carboxylic acids is 3. The molecule has 0 bridgehead atoms. The molecular weight excluding hydrogens is 496 g/mol. The minimum atomic E-state index is -1.34. The standard InChI is InChI=1S/C32H40O7/c1-18-8-12-25(38-28(18)35)32(7,36)24-14-15-30(5)23-11-10-22-20(9-13-27(34)39-29(22,3)4)16-21(23)17-26(31(24,30)6)37-19(2)33/h8-11,13,16,22,24-26,36H,12,14-15,17H2,1-7H3. The number of carbonyl (C=O) groups is 3. The van der Waals surface area contributed by atoms with Crippen molar-refractivity contribution < 1.29 is 33.7 Å². The molecule has 39 heavy (non-hydrogen) atoms. The molecule has 0 radical (unpaired) electrons. The maximum atomic E-state index is 12.4. The maximum Gasteiger partial charge on any atom is 0.333 e. The number of esters is 3. The molecular formula is C32H40O7. The normalized spacial score (nSPS) is 38.6. The highest BCUT2D eigenvalue weighted by molar-refractivity contribution is 5.88. The first-order chi connectivity index (χ1) is 18.1. The van der Waals surface area contributed by atoms with E-state index in [0.717, 1.165) is 23.1 Å². The van der Waals surface area contributed by atoms with Crippen LogP contribution in [0.25, 0.3) is 0 Å². The third-order valence-electron chi connectivity index (χ3n) is 10.4. The largest absolute Gasteiger partial charge is 0.462 e. The first-order valence-corrected chi connectivity index (χ1v) is 13.9. The molecule has 0 aromatic heterocycles. The third kappa shape index (κ3) is 4.16. The van der Waals surface area contributed by atoms with Crippen molar-refractivity contribution in [1.29, 1.82) is 0 Å². The fourth-order valence-corrected chi connectivity index (χ4v) is 8.08. The number of fused-ring (bicyclic) bond motifs is 3. The number of hydrogen-bond donors (Lipinski definition) is 1. The number of allylic oxidation sites excluding steroid dienone is 4. The lowest BCUT2D eigenvalue weighted by atomic mass is 9.51. The molecule has 1 saturated carbocycles. The van der Waals surface area contributed by atoms with Crippen LogP contribution in [-0.2, 0) is 28.6 Å².